The average molecular weight is 223 g/mol. The van der Waals surface area contributed by atoms with Crippen molar-refractivity contribution in [3.05, 3.63) is 0 Å². The molecule has 0 bridgehead atoms. The summed E-state index contributed by atoms with van der Waals surface area (Å²) < 4.78 is 0. The summed E-state index contributed by atoms with van der Waals surface area (Å²) in [6.07, 6.45) is 9.52. The van der Waals surface area contributed by atoms with Gasteiger partial charge in [0, 0.05) is 19.1 Å². The van der Waals surface area contributed by atoms with E-state index in [1.54, 1.807) is 0 Å². The molecule has 2 aliphatic carbocycles. The van der Waals surface area contributed by atoms with Crippen LogP contribution in [0.1, 0.15) is 51.9 Å². The van der Waals surface area contributed by atoms with Gasteiger partial charge in [-0.15, -0.1) is 0 Å². The lowest BCUT2D eigenvalue weighted by Crippen LogP contribution is -2.42. The van der Waals surface area contributed by atoms with Crippen LogP contribution in [0.3, 0.4) is 0 Å². The Balaban J connectivity index is 1.72. The molecule has 0 radical (unpaired) electrons. The third kappa shape index (κ3) is 4.03. The molecule has 0 atom stereocenters. The molecule has 0 heterocycles. The highest BCUT2D eigenvalue weighted by Crippen LogP contribution is 2.32. The Hall–Kier alpha value is -0.730. The quantitative estimate of drug-likeness (QED) is 0.554. The summed E-state index contributed by atoms with van der Waals surface area (Å²) in [6, 6.07) is 0.665. The standard InChI is InChI=1S/C13H25N3/c1-2-14-13(15-10-9-11-7-8-11)16-12-5-3-4-6-12/h11-12H,2-10H2,1H3,(H2,14,15,16). The van der Waals surface area contributed by atoms with Crippen molar-refractivity contribution in [1.29, 1.82) is 0 Å². The second-order valence-corrected chi connectivity index (χ2v) is 5.12. The molecular weight excluding hydrogens is 198 g/mol. The van der Waals surface area contributed by atoms with E-state index in [0.717, 1.165) is 25.0 Å². The topological polar surface area (TPSA) is 36.4 Å². The molecule has 0 aliphatic heterocycles. The maximum absolute atomic E-state index is 4.65. The second-order valence-electron chi connectivity index (χ2n) is 5.12. The van der Waals surface area contributed by atoms with Gasteiger partial charge in [0.25, 0.3) is 0 Å². The summed E-state index contributed by atoms with van der Waals surface area (Å²) in [5, 5.41) is 6.89. The lowest BCUT2D eigenvalue weighted by atomic mass is 10.2. The number of nitrogens with zero attached hydrogens (tertiary/aromatic N) is 1. The normalized spacial score (nSPS) is 22.4. The van der Waals surface area contributed by atoms with Crippen molar-refractivity contribution in [2.24, 2.45) is 10.9 Å². The Labute approximate surface area is 99.1 Å². The van der Waals surface area contributed by atoms with Crippen molar-refractivity contribution < 1.29 is 0 Å². The Kier molecular flexibility index (Phi) is 4.49. The number of hydrogen-bond acceptors (Lipinski definition) is 1. The Morgan fingerprint density at radius 3 is 2.56 bits per heavy atom. The molecule has 2 aliphatic rings. The van der Waals surface area contributed by atoms with E-state index in [0.29, 0.717) is 6.04 Å². The van der Waals surface area contributed by atoms with Gasteiger partial charge in [-0.25, -0.2) is 0 Å². The molecule has 0 aromatic carbocycles. The van der Waals surface area contributed by atoms with Gasteiger partial charge < -0.3 is 10.6 Å². The van der Waals surface area contributed by atoms with Gasteiger partial charge in [0.2, 0.25) is 0 Å². The zero-order valence-electron chi connectivity index (χ0n) is 10.5. The fourth-order valence-electron chi connectivity index (χ4n) is 2.35. The van der Waals surface area contributed by atoms with E-state index in [1.165, 1.54) is 44.9 Å². The molecule has 0 saturated heterocycles. The minimum Gasteiger partial charge on any atom is -0.357 e. The third-order valence-corrected chi connectivity index (χ3v) is 3.54. The van der Waals surface area contributed by atoms with E-state index in [1.807, 2.05) is 0 Å². The van der Waals surface area contributed by atoms with Crippen LogP contribution < -0.4 is 10.6 Å². The van der Waals surface area contributed by atoms with E-state index in [9.17, 15) is 0 Å². The van der Waals surface area contributed by atoms with Crippen molar-refractivity contribution in [3.8, 4) is 0 Å². The number of nitrogens with one attached hydrogen (secondary N) is 2. The predicted octanol–water partition coefficient (Wildman–Crippen LogP) is 2.28. The Morgan fingerprint density at radius 1 is 1.19 bits per heavy atom. The largest absolute Gasteiger partial charge is 0.357 e. The number of aliphatic imine (C=N–C) groups is 1. The maximum Gasteiger partial charge on any atom is 0.191 e. The summed E-state index contributed by atoms with van der Waals surface area (Å²) in [7, 11) is 0. The van der Waals surface area contributed by atoms with Crippen molar-refractivity contribution in [1.82, 2.24) is 10.6 Å². The molecule has 0 amide bonds. The molecule has 2 N–H and O–H groups in total. The molecule has 0 aromatic rings. The zero-order valence-corrected chi connectivity index (χ0v) is 10.5. The van der Waals surface area contributed by atoms with Gasteiger partial charge in [0.05, 0.1) is 0 Å². The van der Waals surface area contributed by atoms with Crippen LogP contribution in [0.5, 0.6) is 0 Å². The van der Waals surface area contributed by atoms with E-state index in [2.05, 4.69) is 22.5 Å². The number of rotatable bonds is 5. The molecule has 3 heteroatoms. The van der Waals surface area contributed by atoms with Crippen LogP contribution in [0.4, 0.5) is 0 Å². The molecule has 2 rings (SSSR count). The zero-order chi connectivity index (χ0) is 11.2. The molecule has 0 aromatic heterocycles. The highest BCUT2D eigenvalue weighted by atomic mass is 15.2. The SMILES string of the molecule is CCNC(=NCCC1CC1)NC1CCCC1. The number of guanidine groups is 1. The molecule has 2 fully saturated rings. The summed E-state index contributed by atoms with van der Waals surface area (Å²) >= 11 is 0. The van der Waals surface area contributed by atoms with E-state index in [4.69, 9.17) is 0 Å². The van der Waals surface area contributed by atoms with Gasteiger partial charge in [-0.05, 0) is 32.1 Å². The molecule has 92 valence electrons. The second kappa shape index (κ2) is 6.12. The highest BCUT2D eigenvalue weighted by Gasteiger charge is 2.20. The van der Waals surface area contributed by atoms with Crippen molar-refractivity contribution in [3.63, 3.8) is 0 Å². The van der Waals surface area contributed by atoms with Crippen molar-refractivity contribution >= 4 is 5.96 Å². The lowest BCUT2D eigenvalue weighted by molar-refractivity contribution is 0.611. The van der Waals surface area contributed by atoms with Gasteiger partial charge >= 0.3 is 0 Å². The molecule has 3 nitrogen and oxygen atoms in total. The highest BCUT2D eigenvalue weighted by molar-refractivity contribution is 5.80. The van der Waals surface area contributed by atoms with E-state index >= 15 is 0 Å². The van der Waals surface area contributed by atoms with E-state index < -0.39 is 0 Å². The van der Waals surface area contributed by atoms with Crippen molar-refractivity contribution in [2.75, 3.05) is 13.1 Å². The minimum atomic E-state index is 0.665. The summed E-state index contributed by atoms with van der Waals surface area (Å²) in [5.74, 6) is 2.02. The fraction of sp³-hybridized carbons (Fsp3) is 0.923. The van der Waals surface area contributed by atoms with Crippen LogP contribution in [-0.4, -0.2) is 25.1 Å². The minimum absolute atomic E-state index is 0.665. The first kappa shape index (κ1) is 11.7. The van der Waals surface area contributed by atoms with Gasteiger partial charge in [0.1, 0.15) is 0 Å². The smallest absolute Gasteiger partial charge is 0.191 e. The Morgan fingerprint density at radius 2 is 1.94 bits per heavy atom. The van der Waals surface area contributed by atoms with Crippen LogP contribution >= 0.6 is 0 Å². The van der Waals surface area contributed by atoms with Gasteiger partial charge in [-0.2, -0.15) is 0 Å². The first-order valence-electron chi connectivity index (χ1n) is 6.93. The van der Waals surface area contributed by atoms with Crippen LogP contribution in [0, 0.1) is 5.92 Å². The van der Waals surface area contributed by atoms with E-state index in [-0.39, 0.29) is 0 Å². The van der Waals surface area contributed by atoms with Gasteiger partial charge in [-0.1, -0.05) is 25.7 Å². The van der Waals surface area contributed by atoms with Crippen LogP contribution in [0.15, 0.2) is 4.99 Å². The van der Waals surface area contributed by atoms with Crippen molar-refractivity contribution in [2.45, 2.75) is 57.9 Å². The average Bonchev–Trinajstić information content (AvgIpc) is 2.95. The van der Waals surface area contributed by atoms with Gasteiger partial charge in [-0.3, -0.25) is 4.99 Å². The molecule has 0 unspecified atom stereocenters. The predicted molar refractivity (Wildman–Crippen MR) is 68.7 cm³/mol. The van der Waals surface area contributed by atoms with Crippen LogP contribution in [-0.2, 0) is 0 Å². The lowest BCUT2D eigenvalue weighted by Gasteiger charge is -2.16. The van der Waals surface area contributed by atoms with Crippen LogP contribution in [0.25, 0.3) is 0 Å². The summed E-state index contributed by atoms with van der Waals surface area (Å²) in [5.41, 5.74) is 0. The monoisotopic (exact) mass is 223 g/mol. The first-order valence-corrected chi connectivity index (χ1v) is 6.93. The molecule has 0 spiro atoms. The molecule has 16 heavy (non-hydrogen) atoms. The molecule has 2 saturated carbocycles. The van der Waals surface area contributed by atoms with Gasteiger partial charge in [0.15, 0.2) is 5.96 Å². The Bertz CT molecular complexity index is 227. The molecular formula is C13H25N3. The third-order valence-electron chi connectivity index (χ3n) is 3.54. The van der Waals surface area contributed by atoms with Crippen LogP contribution in [0.2, 0.25) is 0 Å². The first-order chi connectivity index (χ1) is 7.88. The summed E-state index contributed by atoms with van der Waals surface area (Å²) in [6.45, 7) is 4.08. The number of hydrogen-bond donors (Lipinski definition) is 2. The fourth-order valence-corrected chi connectivity index (χ4v) is 2.35. The summed E-state index contributed by atoms with van der Waals surface area (Å²) in [4.78, 5) is 4.65. The maximum atomic E-state index is 4.65.